The van der Waals surface area contributed by atoms with E-state index in [-0.39, 0.29) is 17.8 Å². The molecule has 2 N–H and O–H groups in total. The summed E-state index contributed by atoms with van der Waals surface area (Å²) in [4.78, 5) is 12.9. The number of benzene rings is 3. The summed E-state index contributed by atoms with van der Waals surface area (Å²) in [5.41, 5.74) is 2.63. The Bertz CT molecular complexity index is 959. The van der Waals surface area contributed by atoms with Crippen LogP contribution in [0.25, 0.3) is 0 Å². The van der Waals surface area contributed by atoms with Gasteiger partial charge in [0.15, 0.2) is 11.5 Å². The minimum absolute atomic E-state index is 0.0252. The first-order chi connectivity index (χ1) is 13.7. The highest BCUT2D eigenvalue weighted by atomic mass is 16.5. The largest absolute Gasteiger partial charge is 0.504 e. The highest BCUT2D eigenvalue weighted by Crippen LogP contribution is 2.40. The third-order valence-electron chi connectivity index (χ3n) is 4.95. The molecule has 0 radical (unpaired) electrons. The van der Waals surface area contributed by atoms with Crippen molar-refractivity contribution < 1.29 is 19.4 Å². The normalized spacial score (nSPS) is 21.8. The number of rotatable bonds is 4. The number of nitrogens with one attached hydrogen (secondary N) is 1. The molecule has 5 heteroatoms. The zero-order valence-electron chi connectivity index (χ0n) is 15.4. The summed E-state index contributed by atoms with van der Waals surface area (Å²) >= 11 is 0. The van der Waals surface area contributed by atoms with Gasteiger partial charge < -0.3 is 14.6 Å². The number of ether oxygens (including phenoxy) is 2. The molecule has 1 aliphatic heterocycles. The van der Waals surface area contributed by atoms with Crippen LogP contribution in [0.2, 0.25) is 0 Å². The molecule has 0 amide bonds. The van der Waals surface area contributed by atoms with E-state index in [4.69, 9.17) is 9.47 Å². The number of esters is 1. The molecule has 0 aromatic heterocycles. The number of carbonyl (C=O) groups excluding carboxylic acids is 1. The minimum atomic E-state index is -0.667. The minimum Gasteiger partial charge on any atom is -0.504 e. The smallest absolute Gasteiger partial charge is 0.328 e. The Morgan fingerprint density at radius 1 is 0.893 bits per heavy atom. The molecular formula is C23H21NO4. The molecule has 0 unspecified atom stereocenters. The number of phenolic OH excluding ortho intramolecular Hbond substituents is 1. The van der Waals surface area contributed by atoms with Gasteiger partial charge in [0.1, 0.15) is 12.1 Å². The second kappa shape index (κ2) is 7.74. The molecule has 0 bridgehead atoms. The SMILES string of the molecule is COc1cc([C@@H]2N[C@@H](c3ccccc3)[C@@H](c3ccccc3)OC2=O)ccc1O. The topological polar surface area (TPSA) is 67.8 Å². The summed E-state index contributed by atoms with van der Waals surface area (Å²) in [6, 6.07) is 23.6. The molecule has 3 atom stereocenters. The third-order valence-corrected chi connectivity index (χ3v) is 4.95. The number of aromatic hydroxyl groups is 1. The van der Waals surface area contributed by atoms with E-state index >= 15 is 0 Å². The van der Waals surface area contributed by atoms with Crippen LogP contribution in [0.3, 0.4) is 0 Å². The molecule has 4 rings (SSSR count). The molecule has 28 heavy (non-hydrogen) atoms. The molecule has 3 aromatic rings. The van der Waals surface area contributed by atoms with Gasteiger partial charge in [-0.2, -0.15) is 0 Å². The van der Waals surface area contributed by atoms with Crippen molar-refractivity contribution in [3.63, 3.8) is 0 Å². The van der Waals surface area contributed by atoms with Gasteiger partial charge in [0.05, 0.1) is 13.2 Å². The van der Waals surface area contributed by atoms with Crippen molar-refractivity contribution in [1.82, 2.24) is 5.32 Å². The molecule has 0 aliphatic carbocycles. The quantitative estimate of drug-likeness (QED) is 0.673. The number of cyclic esters (lactones) is 1. The van der Waals surface area contributed by atoms with Crippen LogP contribution in [0.15, 0.2) is 78.9 Å². The summed E-state index contributed by atoms with van der Waals surface area (Å²) in [6.45, 7) is 0. The van der Waals surface area contributed by atoms with E-state index in [2.05, 4.69) is 5.32 Å². The van der Waals surface area contributed by atoms with Crippen LogP contribution in [0.5, 0.6) is 11.5 Å². The number of hydrogen-bond acceptors (Lipinski definition) is 5. The van der Waals surface area contributed by atoms with Crippen LogP contribution in [0.1, 0.15) is 34.9 Å². The Kier molecular flexibility index (Phi) is 5.00. The molecule has 5 nitrogen and oxygen atoms in total. The van der Waals surface area contributed by atoms with Gasteiger partial charge in [-0.3, -0.25) is 5.32 Å². The van der Waals surface area contributed by atoms with E-state index < -0.39 is 12.1 Å². The van der Waals surface area contributed by atoms with Crippen molar-refractivity contribution in [3.05, 3.63) is 95.6 Å². The van der Waals surface area contributed by atoms with Crippen LogP contribution in [-0.2, 0) is 9.53 Å². The van der Waals surface area contributed by atoms with Gasteiger partial charge in [-0.25, -0.2) is 4.79 Å². The number of hydrogen-bond donors (Lipinski definition) is 2. The monoisotopic (exact) mass is 375 g/mol. The Morgan fingerprint density at radius 2 is 1.54 bits per heavy atom. The maximum atomic E-state index is 12.9. The number of methoxy groups -OCH3 is 1. The van der Waals surface area contributed by atoms with Gasteiger partial charge >= 0.3 is 5.97 Å². The average Bonchev–Trinajstić information content (AvgIpc) is 2.75. The molecule has 1 aliphatic rings. The zero-order chi connectivity index (χ0) is 19.5. The maximum Gasteiger partial charge on any atom is 0.328 e. The molecular weight excluding hydrogens is 354 g/mol. The summed E-state index contributed by atoms with van der Waals surface area (Å²) in [5.74, 6) is -0.0282. The highest BCUT2D eigenvalue weighted by Gasteiger charge is 2.39. The lowest BCUT2D eigenvalue weighted by atomic mass is 9.91. The second-order valence-corrected chi connectivity index (χ2v) is 6.69. The van der Waals surface area contributed by atoms with Gasteiger partial charge in [0.2, 0.25) is 0 Å². The summed E-state index contributed by atoms with van der Waals surface area (Å²) in [7, 11) is 1.48. The van der Waals surface area contributed by atoms with E-state index in [1.807, 2.05) is 60.7 Å². The second-order valence-electron chi connectivity index (χ2n) is 6.69. The Balaban J connectivity index is 1.72. The molecule has 3 aromatic carbocycles. The van der Waals surface area contributed by atoms with E-state index in [9.17, 15) is 9.90 Å². The average molecular weight is 375 g/mol. The predicted octanol–water partition coefficient (Wildman–Crippen LogP) is 4.07. The van der Waals surface area contributed by atoms with Crippen LogP contribution in [0, 0.1) is 0 Å². The number of phenols is 1. The fraction of sp³-hybridized carbons (Fsp3) is 0.174. The van der Waals surface area contributed by atoms with Crippen LogP contribution in [-0.4, -0.2) is 18.2 Å². The highest BCUT2D eigenvalue weighted by molar-refractivity contribution is 5.79. The van der Waals surface area contributed by atoms with Crippen molar-refractivity contribution >= 4 is 5.97 Å². The zero-order valence-corrected chi connectivity index (χ0v) is 15.4. The van der Waals surface area contributed by atoms with Gasteiger partial charge in [0.25, 0.3) is 0 Å². The number of morpholine rings is 1. The van der Waals surface area contributed by atoms with Gasteiger partial charge in [0, 0.05) is 0 Å². The molecule has 1 fully saturated rings. The lowest BCUT2D eigenvalue weighted by Crippen LogP contribution is -2.43. The van der Waals surface area contributed by atoms with Gasteiger partial charge in [-0.05, 0) is 28.8 Å². The summed E-state index contributed by atoms with van der Waals surface area (Å²) in [5, 5.41) is 13.3. The van der Waals surface area contributed by atoms with Gasteiger partial charge in [-0.15, -0.1) is 0 Å². The Hall–Kier alpha value is -3.31. The van der Waals surface area contributed by atoms with Crippen LogP contribution in [0.4, 0.5) is 0 Å². The molecule has 142 valence electrons. The van der Waals surface area contributed by atoms with Crippen molar-refractivity contribution in [1.29, 1.82) is 0 Å². The molecule has 0 spiro atoms. The first-order valence-electron chi connectivity index (χ1n) is 9.10. The first kappa shape index (κ1) is 18.1. The van der Waals surface area contributed by atoms with Crippen molar-refractivity contribution in [2.24, 2.45) is 0 Å². The molecule has 0 saturated carbocycles. The van der Waals surface area contributed by atoms with Gasteiger partial charge in [-0.1, -0.05) is 66.7 Å². The van der Waals surface area contributed by atoms with Crippen molar-refractivity contribution in [3.8, 4) is 11.5 Å². The lowest BCUT2D eigenvalue weighted by molar-refractivity contribution is -0.161. The predicted molar refractivity (Wildman–Crippen MR) is 105 cm³/mol. The van der Waals surface area contributed by atoms with E-state index in [1.54, 1.807) is 12.1 Å². The summed E-state index contributed by atoms with van der Waals surface area (Å²) in [6.07, 6.45) is -0.439. The van der Waals surface area contributed by atoms with Crippen LogP contribution < -0.4 is 10.1 Å². The standard InChI is InChI=1S/C23H21NO4/c1-27-19-14-17(12-13-18(19)25)21-23(26)28-22(16-10-6-3-7-11-16)20(24-21)15-8-4-2-5-9-15/h2-14,20-22,24-25H,1H3/t20-,21-,22+/m0/s1. The Labute approximate surface area is 163 Å². The van der Waals surface area contributed by atoms with Crippen molar-refractivity contribution in [2.45, 2.75) is 18.2 Å². The lowest BCUT2D eigenvalue weighted by Gasteiger charge is -2.37. The van der Waals surface area contributed by atoms with E-state index in [0.717, 1.165) is 11.1 Å². The van der Waals surface area contributed by atoms with Crippen LogP contribution >= 0.6 is 0 Å². The molecule has 1 heterocycles. The fourth-order valence-electron chi connectivity index (χ4n) is 3.54. The number of carbonyl (C=O) groups is 1. The Morgan fingerprint density at radius 3 is 2.18 bits per heavy atom. The van der Waals surface area contributed by atoms with E-state index in [0.29, 0.717) is 11.3 Å². The third kappa shape index (κ3) is 3.44. The fourth-order valence-corrected chi connectivity index (χ4v) is 3.54. The maximum absolute atomic E-state index is 12.9. The van der Waals surface area contributed by atoms with Crippen molar-refractivity contribution in [2.75, 3.05) is 7.11 Å². The van der Waals surface area contributed by atoms with E-state index in [1.165, 1.54) is 13.2 Å². The molecule has 1 saturated heterocycles. The summed E-state index contributed by atoms with van der Waals surface area (Å²) < 4.78 is 11.1. The first-order valence-corrected chi connectivity index (χ1v) is 9.10.